The molecule has 4 bridgehead atoms. The largest absolute Gasteiger partial charge is 0.509 e. The lowest BCUT2D eigenvalue weighted by Gasteiger charge is -2.64. The van der Waals surface area contributed by atoms with Gasteiger partial charge in [0.2, 0.25) is 0 Å². The molecule has 0 amide bonds. The monoisotopic (exact) mass is 520 g/mol. The minimum Gasteiger partial charge on any atom is -0.458 e. The average molecular weight is 521 g/mol. The van der Waals surface area contributed by atoms with Crippen molar-refractivity contribution in [3.63, 3.8) is 0 Å². The molecule has 0 spiro atoms. The maximum Gasteiger partial charge on any atom is 0.509 e. The summed E-state index contributed by atoms with van der Waals surface area (Å²) in [5, 5.41) is 0. The molecule has 6 aliphatic rings. The molecule has 0 aliphatic heterocycles. The second-order valence-corrected chi connectivity index (χ2v) is 13.6. The Balaban J connectivity index is 1.32. The highest BCUT2D eigenvalue weighted by atomic mass is 16.7. The summed E-state index contributed by atoms with van der Waals surface area (Å²) in [5.74, 6) is 0.0939. The fourth-order valence-electron chi connectivity index (χ4n) is 8.05. The predicted octanol–water partition coefficient (Wildman–Crippen LogP) is 6.99. The number of ether oxygens (including phenoxy) is 5. The zero-order chi connectivity index (χ0) is 26.2. The highest BCUT2D eigenvalue weighted by Crippen LogP contribution is 2.63. The van der Waals surface area contributed by atoms with Gasteiger partial charge < -0.3 is 23.7 Å². The van der Waals surface area contributed by atoms with Gasteiger partial charge in [-0.2, -0.15) is 0 Å². The molecule has 0 heterocycles. The van der Waals surface area contributed by atoms with Gasteiger partial charge in [-0.3, -0.25) is 4.79 Å². The van der Waals surface area contributed by atoms with Crippen LogP contribution in [0.15, 0.2) is 0 Å². The first-order valence-corrected chi connectivity index (χ1v) is 15.0. The second-order valence-electron chi connectivity index (χ2n) is 13.6. The van der Waals surface area contributed by atoms with Crippen LogP contribution in [0.25, 0.3) is 0 Å². The van der Waals surface area contributed by atoms with E-state index >= 15 is 0 Å². The van der Waals surface area contributed by atoms with Gasteiger partial charge >= 0.3 is 12.1 Å². The second kappa shape index (κ2) is 10.7. The van der Waals surface area contributed by atoms with Crippen molar-refractivity contribution in [1.29, 1.82) is 0 Å². The molecule has 6 fully saturated rings. The highest BCUT2D eigenvalue weighted by molar-refractivity contribution is 5.76. The molecule has 0 aromatic heterocycles. The summed E-state index contributed by atoms with van der Waals surface area (Å²) in [4.78, 5) is 26.3. The molecule has 6 saturated carbocycles. The molecule has 37 heavy (non-hydrogen) atoms. The van der Waals surface area contributed by atoms with E-state index in [2.05, 4.69) is 0 Å². The molecule has 0 saturated heterocycles. The van der Waals surface area contributed by atoms with Crippen LogP contribution < -0.4 is 0 Å². The van der Waals surface area contributed by atoms with Crippen molar-refractivity contribution in [2.24, 2.45) is 11.3 Å². The Morgan fingerprint density at radius 1 is 0.757 bits per heavy atom. The lowest BCUT2D eigenvalue weighted by atomic mass is 9.50. The van der Waals surface area contributed by atoms with Crippen LogP contribution in [0.2, 0.25) is 0 Å². The lowest BCUT2D eigenvalue weighted by Crippen LogP contribution is -2.69. The standard InChI is InChI=1S/C30H48O7/c1-4-27(2,3)25(31)36-29-16-22-15-28(18-29,34-21-33-23-11-7-5-8-12-23)19-30(17-22,20-29)37-26(32)35-24-13-9-6-10-14-24/h22-24H,4-21H2,1-3H3. The summed E-state index contributed by atoms with van der Waals surface area (Å²) in [6, 6.07) is 0. The molecule has 0 N–H and O–H groups in total. The van der Waals surface area contributed by atoms with Crippen LogP contribution >= 0.6 is 0 Å². The van der Waals surface area contributed by atoms with E-state index in [1.54, 1.807) is 0 Å². The van der Waals surface area contributed by atoms with Gasteiger partial charge in [0, 0.05) is 19.3 Å². The maximum atomic E-state index is 13.3. The molecule has 7 heteroatoms. The van der Waals surface area contributed by atoms with Gasteiger partial charge in [-0.15, -0.1) is 0 Å². The Hall–Kier alpha value is -1.34. The van der Waals surface area contributed by atoms with Crippen LogP contribution in [0.5, 0.6) is 0 Å². The predicted molar refractivity (Wildman–Crippen MR) is 138 cm³/mol. The van der Waals surface area contributed by atoms with Crippen molar-refractivity contribution in [2.45, 2.75) is 159 Å². The Bertz CT molecular complexity index is 830. The van der Waals surface area contributed by atoms with Crippen LogP contribution in [-0.2, 0) is 28.5 Å². The fraction of sp³-hybridized carbons (Fsp3) is 0.933. The summed E-state index contributed by atoms with van der Waals surface area (Å²) < 4.78 is 31.1. The molecule has 7 nitrogen and oxygen atoms in total. The Morgan fingerprint density at radius 2 is 1.30 bits per heavy atom. The molecule has 0 aromatic carbocycles. The van der Waals surface area contributed by atoms with Crippen molar-refractivity contribution < 1.29 is 33.3 Å². The zero-order valence-electron chi connectivity index (χ0n) is 23.3. The van der Waals surface area contributed by atoms with Crippen LogP contribution in [0, 0.1) is 11.3 Å². The normalized spacial score (nSPS) is 36.4. The summed E-state index contributed by atoms with van der Waals surface area (Å²) in [6.07, 6.45) is 15.7. The van der Waals surface area contributed by atoms with Crippen molar-refractivity contribution in [3.05, 3.63) is 0 Å². The van der Waals surface area contributed by atoms with E-state index in [0.717, 1.165) is 57.8 Å². The first kappa shape index (κ1) is 27.2. The molecular formula is C30H48O7. The first-order valence-electron chi connectivity index (χ1n) is 15.0. The van der Waals surface area contributed by atoms with Gasteiger partial charge in [-0.1, -0.05) is 32.6 Å². The maximum absolute atomic E-state index is 13.3. The van der Waals surface area contributed by atoms with Crippen molar-refractivity contribution in [2.75, 3.05) is 6.79 Å². The number of carbonyl (C=O) groups is 2. The number of hydrogen-bond acceptors (Lipinski definition) is 7. The fourth-order valence-corrected chi connectivity index (χ4v) is 8.05. The quantitative estimate of drug-likeness (QED) is 0.239. The van der Waals surface area contributed by atoms with E-state index in [1.807, 2.05) is 20.8 Å². The van der Waals surface area contributed by atoms with Gasteiger partial charge in [0.25, 0.3) is 0 Å². The Labute approximate surface area is 222 Å². The van der Waals surface area contributed by atoms with Crippen LogP contribution in [0.1, 0.15) is 130 Å². The van der Waals surface area contributed by atoms with Crippen LogP contribution in [-0.4, -0.2) is 47.9 Å². The van der Waals surface area contributed by atoms with Gasteiger partial charge in [0.15, 0.2) is 0 Å². The van der Waals surface area contributed by atoms with E-state index in [-0.39, 0.29) is 30.9 Å². The van der Waals surface area contributed by atoms with E-state index < -0.39 is 28.4 Å². The van der Waals surface area contributed by atoms with Gasteiger partial charge in [0.05, 0.1) is 17.1 Å². The highest BCUT2D eigenvalue weighted by Gasteiger charge is 2.68. The zero-order valence-corrected chi connectivity index (χ0v) is 23.3. The number of esters is 1. The topological polar surface area (TPSA) is 80.3 Å². The Kier molecular flexibility index (Phi) is 7.86. The molecule has 6 rings (SSSR count). The van der Waals surface area contributed by atoms with Crippen molar-refractivity contribution >= 4 is 12.1 Å². The van der Waals surface area contributed by atoms with E-state index in [9.17, 15) is 9.59 Å². The minimum absolute atomic E-state index is 0.0543. The Morgan fingerprint density at radius 3 is 1.92 bits per heavy atom. The molecule has 6 aliphatic carbocycles. The van der Waals surface area contributed by atoms with Gasteiger partial charge in [-0.25, -0.2) is 4.79 Å². The number of rotatable bonds is 9. The smallest absolute Gasteiger partial charge is 0.458 e. The molecule has 4 unspecified atom stereocenters. The lowest BCUT2D eigenvalue weighted by molar-refractivity contribution is -0.295. The third-order valence-corrected chi connectivity index (χ3v) is 10.00. The third kappa shape index (κ3) is 6.13. The van der Waals surface area contributed by atoms with E-state index in [0.29, 0.717) is 25.7 Å². The van der Waals surface area contributed by atoms with Crippen molar-refractivity contribution in [1.82, 2.24) is 0 Å². The molecule has 4 atom stereocenters. The average Bonchev–Trinajstić information content (AvgIpc) is 2.83. The molecule has 0 radical (unpaired) electrons. The summed E-state index contributed by atoms with van der Waals surface area (Å²) in [6.45, 7) is 6.13. The van der Waals surface area contributed by atoms with Gasteiger partial charge in [-0.05, 0) is 84.0 Å². The molecule has 0 aromatic rings. The summed E-state index contributed by atoms with van der Waals surface area (Å²) in [7, 11) is 0. The molecule has 210 valence electrons. The number of carbonyl (C=O) groups excluding carboxylic acids is 2. The third-order valence-electron chi connectivity index (χ3n) is 10.00. The summed E-state index contributed by atoms with van der Waals surface area (Å²) >= 11 is 0. The van der Waals surface area contributed by atoms with E-state index in [1.165, 1.54) is 25.7 Å². The van der Waals surface area contributed by atoms with Crippen LogP contribution in [0.3, 0.4) is 0 Å². The van der Waals surface area contributed by atoms with Crippen molar-refractivity contribution in [3.8, 4) is 0 Å². The first-order chi connectivity index (χ1) is 17.6. The minimum atomic E-state index is -0.730. The summed E-state index contributed by atoms with van der Waals surface area (Å²) in [5.41, 5.74) is -2.49. The SMILES string of the molecule is CCC(C)(C)C(=O)OC12CC3CC(OCOC4CCCCC4)(CC(OC(=O)OC4CCCCC4)(C3)C1)C2. The van der Waals surface area contributed by atoms with E-state index in [4.69, 9.17) is 23.7 Å². The van der Waals surface area contributed by atoms with Gasteiger partial charge in [0.1, 0.15) is 24.1 Å². The molecular weight excluding hydrogens is 472 g/mol. The van der Waals surface area contributed by atoms with Crippen LogP contribution in [0.4, 0.5) is 4.79 Å². The number of hydrogen-bond donors (Lipinski definition) is 0.